The second-order valence-electron chi connectivity index (χ2n) is 6.01. The lowest BCUT2D eigenvalue weighted by atomic mass is 10.1. The van der Waals surface area contributed by atoms with Gasteiger partial charge < -0.3 is 9.84 Å². The van der Waals surface area contributed by atoms with Crippen LogP contribution in [-0.2, 0) is 16.0 Å². The minimum Gasteiger partial charge on any atom is -0.481 e. The van der Waals surface area contributed by atoms with Crippen LogP contribution in [0, 0.1) is 6.92 Å². The SMILES string of the molecule is Cc1nc(C(C)CN2CC(C)OC(C)C2)sc1CC(=O)O. The van der Waals surface area contributed by atoms with Gasteiger partial charge >= 0.3 is 5.97 Å². The van der Waals surface area contributed by atoms with Gasteiger partial charge in [-0.15, -0.1) is 11.3 Å². The topological polar surface area (TPSA) is 62.7 Å². The number of nitrogens with zero attached hydrogens (tertiary/aromatic N) is 2. The molecule has 0 aliphatic carbocycles. The quantitative estimate of drug-likeness (QED) is 0.904. The number of carboxylic acid groups (broad SMARTS) is 1. The summed E-state index contributed by atoms with van der Waals surface area (Å²) < 4.78 is 5.75. The molecule has 1 saturated heterocycles. The minimum absolute atomic E-state index is 0.0713. The van der Waals surface area contributed by atoms with E-state index in [0.717, 1.165) is 35.2 Å². The van der Waals surface area contributed by atoms with Gasteiger partial charge in [-0.2, -0.15) is 0 Å². The number of rotatable bonds is 5. The summed E-state index contributed by atoms with van der Waals surface area (Å²) in [5.41, 5.74) is 0.855. The number of thiazole rings is 1. The van der Waals surface area contributed by atoms with Crippen molar-refractivity contribution in [3.8, 4) is 0 Å². The van der Waals surface area contributed by atoms with Crippen molar-refractivity contribution in [1.29, 1.82) is 0 Å². The molecule has 1 N–H and O–H groups in total. The lowest BCUT2D eigenvalue weighted by Crippen LogP contribution is -2.46. The van der Waals surface area contributed by atoms with Gasteiger partial charge in [0.15, 0.2) is 0 Å². The van der Waals surface area contributed by atoms with E-state index in [2.05, 4.69) is 30.7 Å². The Kier molecular flexibility index (Phi) is 5.35. The molecule has 0 radical (unpaired) electrons. The molecule has 1 aromatic rings. The van der Waals surface area contributed by atoms with Crippen LogP contribution >= 0.6 is 11.3 Å². The minimum atomic E-state index is -0.795. The van der Waals surface area contributed by atoms with Crippen LogP contribution in [0.4, 0.5) is 0 Å². The Bertz CT molecular complexity index is 493. The molecule has 1 aliphatic rings. The molecule has 2 heterocycles. The molecule has 0 amide bonds. The van der Waals surface area contributed by atoms with E-state index in [9.17, 15) is 4.79 Å². The first-order valence-electron chi connectivity index (χ1n) is 7.41. The van der Waals surface area contributed by atoms with E-state index in [1.54, 1.807) is 0 Å². The zero-order valence-electron chi connectivity index (χ0n) is 13.1. The molecule has 21 heavy (non-hydrogen) atoms. The predicted octanol–water partition coefficient (Wildman–Crippen LogP) is 2.29. The summed E-state index contributed by atoms with van der Waals surface area (Å²) in [4.78, 5) is 18.7. The number of ether oxygens (including phenoxy) is 1. The summed E-state index contributed by atoms with van der Waals surface area (Å²) in [6.07, 6.45) is 0.602. The van der Waals surface area contributed by atoms with Crippen LogP contribution in [0.3, 0.4) is 0 Å². The van der Waals surface area contributed by atoms with Gasteiger partial charge in [0.1, 0.15) is 0 Å². The summed E-state index contributed by atoms with van der Waals surface area (Å²) in [6, 6.07) is 0. The third-order valence-corrected chi connectivity index (χ3v) is 5.06. The zero-order chi connectivity index (χ0) is 15.6. The van der Waals surface area contributed by atoms with E-state index in [1.165, 1.54) is 11.3 Å². The zero-order valence-corrected chi connectivity index (χ0v) is 13.9. The van der Waals surface area contributed by atoms with Gasteiger partial charge in [0.25, 0.3) is 0 Å². The molecule has 118 valence electrons. The van der Waals surface area contributed by atoms with Gasteiger partial charge in [-0.25, -0.2) is 4.98 Å². The molecule has 0 bridgehead atoms. The highest BCUT2D eigenvalue weighted by Crippen LogP contribution is 2.27. The first kappa shape index (κ1) is 16.4. The lowest BCUT2D eigenvalue weighted by Gasteiger charge is -2.36. The Hall–Kier alpha value is -0.980. The Morgan fingerprint density at radius 1 is 1.48 bits per heavy atom. The van der Waals surface area contributed by atoms with Crippen molar-refractivity contribution < 1.29 is 14.6 Å². The Morgan fingerprint density at radius 2 is 2.10 bits per heavy atom. The maximum atomic E-state index is 10.8. The lowest BCUT2D eigenvalue weighted by molar-refractivity contribution is -0.136. The van der Waals surface area contributed by atoms with Gasteiger partial charge in [0.2, 0.25) is 0 Å². The van der Waals surface area contributed by atoms with Gasteiger partial charge in [-0.1, -0.05) is 6.92 Å². The fraction of sp³-hybridized carbons (Fsp3) is 0.733. The number of carbonyl (C=O) groups is 1. The third-order valence-electron chi connectivity index (χ3n) is 3.67. The number of aliphatic carboxylic acids is 1. The van der Waals surface area contributed by atoms with E-state index in [-0.39, 0.29) is 18.6 Å². The predicted molar refractivity (Wildman–Crippen MR) is 83.1 cm³/mol. The Labute approximate surface area is 129 Å². The number of hydrogen-bond donors (Lipinski definition) is 1. The first-order valence-corrected chi connectivity index (χ1v) is 8.22. The molecule has 3 unspecified atom stereocenters. The molecule has 1 aromatic heterocycles. The molecule has 6 heteroatoms. The van der Waals surface area contributed by atoms with Gasteiger partial charge in [0.05, 0.1) is 29.3 Å². The van der Waals surface area contributed by atoms with Crippen LogP contribution in [0.2, 0.25) is 0 Å². The average Bonchev–Trinajstić information content (AvgIpc) is 2.68. The summed E-state index contributed by atoms with van der Waals surface area (Å²) in [7, 11) is 0. The number of hydrogen-bond acceptors (Lipinski definition) is 5. The van der Waals surface area contributed by atoms with E-state index >= 15 is 0 Å². The fourth-order valence-corrected chi connectivity index (χ4v) is 3.96. The van der Waals surface area contributed by atoms with Crippen LogP contribution in [0.5, 0.6) is 0 Å². The van der Waals surface area contributed by atoms with Crippen LogP contribution < -0.4 is 0 Å². The molecular weight excluding hydrogens is 288 g/mol. The fourth-order valence-electron chi connectivity index (χ4n) is 2.86. The summed E-state index contributed by atoms with van der Waals surface area (Å²) in [6.45, 7) is 11.1. The normalized spacial score (nSPS) is 25.0. The van der Waals surface area contributed by atoms with Crippen LogP contribution in [0.25, 0.3) is 0 Å². The highest BCUT2D eigenvalue weighted by Gasteiger charge is 2.25. The highest BCUT2D eigenvalue weighted by molar-refractivity contribution is 7.11. The highest BCUT2D eigenvalue weighted by atomic mass is 32.1. The number of carboxylic acids is 1. The summed E-state index contributed by atoms with van der Waals surface area (Å²) >= 11 is 1.54. The number of aryl methyl sites for hydroxylation is 1. The van der Waals surface area contributed by atoms with Crippen molar-refractivity contribution in [3.63, 3.8) is 0 Å². The molecule has 2 rings (SSSR count). The van der Waals surface area contributed by atoms with Gasteiger partial charge in [0, 0.05) is 30.4 Å². The van der Waals surface area contributed by atoms with Crippen LogP contribution in [-0.4, -0.2) is 52.8 Å². The molecule has 0 aromatic carbocycles. The number of aromatic nitrogens is 1. The standard InChI is InChI=1S/C15H24N2O3S/c1-9(6-17-7-10(2)20-11(3)8-17)15-16-12(4)13(21-15)5-14(18)19/h9-11H,5-8H2,1-4H3,(H,18,19). The monoisotopic (exact) mass is 312 g/mol. The van der Waals surface area contributed by atoms with Crippen LogP contribution in [0.1, 0.15) is 42.3 Å². The molecule has 1 fully saturated rings. The van der Waals surface area contributed by atoms with E-state index in [1.807, 2.05) is 6.92 Å². The third kappa shape index (κ3) is 4.49. The molecule has 3 atom stereocenters. The van der Waals surface area contributed by atoms with Gasteiger partial charge in [-0.3, -0.25) is 9.69 Å². The Morgan fingerprint density at radius 3 is 2.67 bits per heavy atom. The molecule has 5 nitrogen and oxygen atoms in total. The molecule has 0 spiro atoms. The van der Waals surface area contributed by atoms with Crippen molar-refractivity contribution in [1.82, 2.24) is 9.88 Å². The van der Waals surface area contributed by atoms with Crippen LogP contribution in [0.15, 0.2) is 0 Å². The van der Waals surface area contributed by atoms with E-state index in [4.69, 9.17) is 9.84 Å². The molecular formula is C15H24N2O3S. The largest absolute Gasteiger partial charge is 0.481 e. The number of morpholine rings is 1. The van der Waals surface area contributed by atoms with E-state index in [0.29, 0.717) is 5.92 Å². The maximum absolute atomic E-state index is 10.8. The Balaban J connectivity index is 1.99. The van der Waals surface area contributed by atoms with Crippen molar-refractivity contribution in [2.75, 3.05) is 19.6 Å². The van der Waals surface area contributed by atoms with Gasteiger partial charge in [-0.05, 0) is 20.8 Å². The van der Waals surface area contributed by atoms with E-state index < -0.39 is 5.97 Å². The van der Waals surface area contributed by atoms with Crippen molar-refractivity contribution in [2.24, 2.45) is 0 Å². The summed E-state index contributed by atoms with van der Waals surface area (Å²) in [5, 5.41) is 9.95. The molecule has 1 aliphatic heterocycles. The molecule has 0 saturated carbocycles. The summed E-state index contributed by atoms with van der Waals surface area (Å²) in [5.74, 6) is -0.481. The first-order chi connectivity index (χ1) is 9.85. The maximum Gasteiger partial charge on any atom is 0.308 e. The second-order valence-corrected chi connectivity index (χ2v) is 7.12. The van der Waals surface area contributed by atoms with Crippen molar-refractivity contribution >= 4 is 17.3 Å². The van der Waals surface area contributed by atoms with Crippen molar-refractivity contribution in [3.05, 3.63) is 15.6 Å². The second kappa shape index (κ2) is 6.85. The average molecular weight is 312 g/mol. The van der Waals surface area contributed by atoms with Crippen molar-refractivity contribution in [2.45, 2.75) is 52.2 Å². The smallest absolute Gasteiger partial charge is 0.308 e.